The van der Waals surface area contributed by atoms with Gasteiger partial charge >= 0.3 is 24.7 Å². The van der Waals surface area contributed by atoms with Gasteiger partial charge in [0.15, 0.2) is 0 Å². The molecule has 0 unspecified atom stereocenters. The number of benzene rings is 4. The third-order valence-corrected chi connectivity index (χ3v) is 8.85. The zero-order valence-electron chi connectivity index (χ0n) is 30.0. The van der Waals surface area contributed by atoms with E-state index < -0.39 is 138 Å². The molecule has 0 saturated heterocycles. The number of hydrogen-bond donors (Lipinski definition) is 1. The van der Waals surface area contributed by atoms with Crippen molar-refractivity contribution in [3.63, 3.8) is 0 Å². The van der Waals surface area contributed by atoms with Gasteiger partial charge in [0.2, 0.25) is 0 Å². The Morgan fingerprint density at radius 3 is 1.02 bits per heavy atom. The van der Waals surface area contributed by atoms with E-state index in [0.717, 1.165) is 25.1 Å². The van der Waals surface area contributed by atoms with E-state index in [9.17, 15) is 70.2 Å². The molecule has 0 saturated carbocycles. The van der Waals surface area contributed by atoms with Crippen LogP contribution in [0.5, 0.6) is 0 Å². The fourth-order valence-electron chi connectivity index (χ4n) is 6.02. The molecule has 61 heavy (non-hydrogen) atoms. The van der Waals surface area contributed by atoms with Crippen LogP contribution < -0.4 is 0 Å². The van der Waals surface area contributed by atoms with Gasteiger partial charge in [-0.15, -0.1) is 0 Å². The summed E-state index contributed by atoms with van der Waals surface area (Å²) >= 11 is 0. The maximum atomic E-state index is 14.9. The molecule has 0 aliphatic carbocycles. The van der Waals surface area contributed by atoms with Crippen molar-refractivity contribution < 1.29 is 70.2 Å². The SMILES string of the molecule is C=Cc1nc(-c2ccc(C(F)(F)F)c(F)c2)c(-c2ccc(C(F)(F)F)c(F)c2)nc1C(=N)c1nc(-c2ccc(C(F)(F)F)c(F)c2)c(-c2ccc(C(F)(F)F)c(F)c2)nc1C. The molecular formula is C40H19F16N5. The minimum atomic E-state index is -5.20. The summed E-state index contributed by atoms with van der Waals surface area (Å²) in [5.74, 6) is -7.33. The Hall–Kier alpha value is -6.67. The Labute approximate surface area is 331 Å². The van der Waals surface area contributed by atoms with Crippen molar-refractivity contribution in [2.24, 2.45) is 0 Å². The molecule has 0 atom stereocenters. The van der Waals surface area contributed by atoms with Crippen LogP contribution in [0.25, 0.3) is 51.1 Å². The first-order valence-corrected chi connectivity index (χ1v) is 16.7. The number of aryl methyl sites for hydroxylation is 1. The van der Waals surface area contributed by atoms with Crippen molar-refractivity contribution in [2.75, 3.05) is 0 Å². The van der Waals surface area contributed by atoms with E-state index in [4.69, 9.17) is 5.41 Å². The van der Waals surface area contributed by atoms with Crippen molar-refractivity contribution >= 4 is 11.8 Å². The van der Waals surface area contributed by atoms with Crippen LogP contribution in [0.4, 0.5) is 70.2 Å². The van der Waals surface area contributed by atoms with Crippen molar-refractivity contribution in [2.45, 2.75) is 31.6 Å². The van der Waals surface area contributed by atoms with Crippen LogP contribution in [0, 0.1) is 35.6 Å². The van der Waals surface area contributed by atoms with Crippen LogP contribution in [-0.2, 0) is 24.7 Å². The number of alkyl halides is 12. The van der Waals surface area contributed by atoms with Gasteiger partial charge in [0.25, 0.3) is 0 Å². The molecule has 0 aliphatic heterocycles. The quantitative estimate of drug-likeness (QED) is 0.128. The minimum Gasteiger partial charge on any atom is -0.296 e. The monoisotopic (exact) mass is 873 g/mol. The Morgan fingerprint density at radius 1 is 0.459 bits per heavy atom. The molecule has 1 N–H and O–H groups in total. The lowest BCUT2D eigenvalue weighted by Crippen LogP contribution is -2.16. The summed E-state index contributed by atoms with van der Waals surface area (Å²) in [5, 5.41) is 9.13. The van der Waals surface area contributed by atoms with Crippen LogP contribution in [0.1, 0.15) is 45.0 Å². The molecule has 6 aromatic rings. The third kappa shape index (κ3) is 8.67. The molecule has 2 heterocycles. The summed E-state index contributed by atoms with van der Waals surface area (Å²) in [6, 6.07) is 5.52. The molecule has 0 amide bonds. The Balaban J connectivity index is 1.61. The van der Waals surface area contributed by atoms with Gasteiger partial charge in [0, 0.05) is 22.3 Å². The fourth-order valence-corrected chi connectivity index (χ4v) is 6.02. The maximum Gasteiger partial charge on any atom is 0.419 e. The number of hydrogen-bond acceptors (Lipinski definition) is 5. The van der Waals surface area contributed by atoms with E-state index in [1.807, 2.05) is 0 Å². The minimum absolute atomic E-state index is 0.295. The first-order valence-electron chi connectivity index (χ1n) is 16.7. The highest BCUT2D eigenvalue weighted by Crippen LogP contribution is 2.41. The lowest BCUT2D eigenvalue weighted by atomic mass is 9.98. The summed E-state index contributed by atoms with van der Waals surface area (Å²) in [5.41, 5.74) is -14.0. The average molecular weight is 874 g/mol. The van der Waals surface area contributed by atoms with Gasteiger partial charge in [-0.05, 0) is 61.5 Å². The van der Waals surface area contributed by atoms with Crippen LogP contribution >= 0.6 is 0 Å². The van der Waals surface area contributed by atoms with Gasteiger partial charge in [-0.3, -0.25) is 5.41 Å². The van der Waals surface area contributed by atoms with Gasteiger partial charge in [-0.2, -0.15) is 52.7 Å². The summed E-state index contributed by atoms with van der Waals surface area (Å²) in [6.07, 6.45) is -19.8. The molecule has 316 valence electrons. The molecule has 5 nitrogen and oxygen atoms in total. The summed E-state index contributed by atoms with van der Waals surface area (Å²) in [7, 11) is 0. The number of nitrogens with zero attached hydrogens (tertiary/aromatic N) is 4. The predicted molar refractivity (Wildman–Crippen MR) is 186 cm³/mol. The lowest BCUT2D eigenvalue weighted by molar-refractivity contribution is -0.140. The number of aromatic nitrogens is 4. The molecule has 0 bridgehead atoms. The average Bonchev–Trinajstić information content (AvgIpc) is 3.14. The highest BCUT2D eigenvalue weighted by atomic mass is 19.4. The predicted octanol–water partition coefficient (Wildman–Crippen LogP) is 12.9. The van der Waals surface area contributed by atoms with Crippen LogP contribution in [-0.4, -0.2) is 25.6 Å². The van der Waals surface area contributed by atoms with Gasteiger partial charge < -0.3 is 0 Å². The number of rotatable bonds is 7. The summed E-state index contributed by atoms with van der Waals surface area (Å²) in [6.45, 7) is 4.70. The molecule has 0 fully saturated rings. The zero-order valence-corrected chi connectivity index (χ0v) is 30.0. The highest BCUT2D eigenvalue weighted by Gasteiger charge is 2.38. The lowest BCUT2D eigenvalue weighted by Gasteiger charge is -2.18. The molecule has 21 heteroatoms. The molecule has 2 aromatic heterocycles. The second kappa shape index (κ2) is 15.4. The Kier molecular flexibility index (Phi) is 11.1. The van der Waals surface area contributed by atoms with Gasteiger partial charge in [0.05, 0.1) is 56.4 Å². The Bertz CT molecular complexity index is 2750. The van der Waals surface area contributed by atoms with Crippen molar-refractivity contribution in [3.8, 4) is 45.0 Å². The van der Waals surface area contributed by atoms with Crippen LogP contribution in [0.2, 0.25) is 0 Å². The van der Waals surface area contributed by atoms with Crippen molar-refractivity contribution in [1.82, 2.24) is 19.9 Å². The largest absolute Gasteiger partial charge is 0.419 e. The first kappa shape index (κ1) is 43.9. The zero-order chi connectivity index (χ0) is 45.1. The van der Waals surface area contributed by atoms with E-state index in [1.165, 1.54) is 0 Å². The van der Waals surface area contributed by atoms with Crippen LogP contribution in [0.15, 0.2) is 79.4 Å². The normalized spacial score (nSPS) is 12.5. The van der Waals surface area contributed by atoms with Crippen LogP contribution in [0.3, 0.4) is 0 Å². The molecule has 0 radical (unpaired) electrons. The van der Waals surface area contributed by atoms with E-state index in [2.05, 4.69) is 26.5 Å². The fraction of sp³-hybridized carbons (Fsp3) is 0.125. The van der Waals surface area contributed by atoms with Crippen molar-refractivity contribution in [1.29, 1.82) is 5.41 Å². The van der Waals surface area contributed by atoms with Gasteiger partial charge in [-0.1, -0.05) is 30.8 Å². The number of halogens is 16. The summed E-state index contributed by atoms with van der Waals surface area (Å²) < 4.78 is 221. The maximum absolute atomic E-state index is 14.9. The van der Waals surface area contributed by atoms with E-state index in [-0.39, 0.29) is 5.69 Å². The van der Waals surface area contributed by atoms with E-state index in [1.54, 1.807) is 0 Å². The molecule has 0 aliphatic rings. The second-order valence-corrected chi connectivity index (χ2v) is 12.9. The third-order valence-electron chi connectivity index (χ3n) is 8.85. The van der Waals surface area contributed by atoms with E-state index >= 15 is 0 Å². The standard InChI is InChI=1S/C40H19F16N5/c1-3-29-36(61-35(20-7-11-24(28(44)15-20)40(54,55)56)33(59-29)18-5-9-22(26(42)13-18)38(48,49)50)30(57)31-16(2)58-32(17-4-8-21(25(41)12-17)37(45,46)47)34(60-31)19-6-10-23(27(43)14-19)39(51,52)53/h3-15,57H,1H2,2H3. The van der Waals surface area contributed by atoms with Gasteiger partial charge in [0.1, 0.15) is 40.4 Å². The molecular weight excluding hydrogens is 854 g/mol. The first-order chi connectivity index (χ1) is 28.2. The Morgan fingerprint density at radius 2 is 0.738 bits per heavy atom. The second-order valence-electron chi connectivity index (χ2n) is 12.9. The van der Waals surface area contributed by atoms with Crippen molar-refractivity contribution in [3.05, 3.63) is 148 Å². The highest BCUT2D eigenvalue weighted by molar-refractivity contribution is 6.11. The smallest absolute Gasteiger partial charge is 0.296 e. The number of nitrogens with one attached hydrogen (secondary N) is 1. The van der Waals surface area contributed by atoms with E-state index in [0.29, 0.717) is 60.7 Å². The topological polar surface area (TPSA) is 75.4 Å². The molecule has 6 rings (SSSR count). The van der Waals surface area contributed by atoms with Gasteiger partial charge in [-0.25, -0.2) is 37.5 Å². The molecule has 4 aromatic carbocycles. The molecule has 0 spiro atoms. The summed E-state index contributed by atoms with van der Waals surface area (Å²) in [4.78, 5) is 17.0.